The number of aliphatic hydroxyl groups is 1. The lowest BCUT2D eigenvalue weighted by Gasteiger charge is -2.62. The van der Waals surface area contributed by atoms with E-state index in [1.54, 1.807) is 30.6 Å². The molecule has 1 fully saturated rings. The molecule has 0 unspecified atom stereocenters. The number of hydrogen-bond acceptors (Lipinski definition) is 7. The van der Waals surface area contributed by atoms with E-state index in [0.717, 1.165) is 47.8 Å². The Hall–Kier alpha value is -3.27. The van der Waals surface area contributed by atoms with E-state index in [1.165, 1.54) is 33.8 Å². The van der Waals surface area contributed by atoms with Gasteiger partial charge in [-0.05, 0) is 61.8 Å². The molecule has 2 bridgehead atoms. The molecule has 0 radical (unpaired) electrons. The minimum absolute atomic E-state index is 0.0605. The monoisotopic (exact) mass is 502 g/mol. The van der Waals surface area contributed by atoms with Crippen molar-refractivity contribution >= 4 is 22.0 Å². The lowest BCUT2D eigenvalue weighted by Crippen LogP contribution is -2.73. The number of piperidine rings is 1. The van der Waals surface area contributed by atoms with Gasteiger partial charge in [0.2, 0.25) is 0 Å². The molecule has 0 saturated carbocycles. The molecule has 36 heavy (non-hydrogen) atoms. The second kappa shape index (κ2) is 7.38. The van der Waals surface area contributed by atoms with Crippen LogP contribution >= 0.6 is 11.3 Å². The zero-order valence-electron chi connectivity index (χ0n) is 20.1. The summed E-state index contributed by atoms with van der Waals surface area (Å²) < 4.78 is 7.77. The third kappa shape index (κ3) is 2.79. The van der Waals surface area contributed by atoms with E-state index in [2.05, 4.69) is 28.5 Å². The third-order valence-corrected chi connectivity index (χ3v) is 9.92. The molecule has 2 aromatic carbocycles. The van der Waals surface area contributed by atoms with Crippen LogP contribution < -0.4 is 4.74 Å². The molecule has 0 amide bonds. The highest BCUT2D eigenvalue weighted by atomic mass is 32.1. The van der Waals surface area contributed by atoms with Gasteiger partial charge in [-0.2, -0.15) is 0 Å². The van der Waals surface area contributed by atoms with E-state index in [1.807, 2.05) is 12.3 Å². The molecule has 3 aliphatic rings. The highest BCUT2D eigenvalue weighted by Crippen LogP contribution is 2.58. The Morgan fingerprint density at radius 1 is 1.22 bits per heavy atom. The lowest BCUT2D eigenvalue weighted by atomic mass is 9.50. The number of nitro groups is 1. The Balaban J connectivity index is 1.37. The van der Waals surface area contributed by atoms with Crippen LogP contribution in [0.4, 0.5) is 5.69 Å². The fourth-order valence-corrected chi connectivity index (χ4v) is 8.14. The summed E-state index contributed by atoms with van der Waals surface area (Å²) in [4.78, 5) is 19.9. The van der Waals surface area contributed by atoms with Gasteiger partial charge in [0.1, 0.15) is 5.75 Å². The van der Waals surface area contributed by atoms with Crippen molar-refractivity contribution in [2.45, 2.75) is 42.7 Å². The minimum atomic E-state index is -0.865. The summed E-state index contributed by atoms with van der Waals surface area (Å²) in [6, 6.07) is 12.9. The molecule has 8 nitrogen and oxygen atoms in total. The Bertz CT molecular complexity index is 1540. The average Bonchev–Trinajstić information content (AvgIpc) is 3.42. The summed E-state index contributed by atoms with van der Waals surface area (Å²) in [6.45, 7) is 0.935. The first-order chi connectivity index (χ1) is 17.3. The Kier molecular flexibility index (Phi) is 4.50. The maximum atomic E-state index is 12.5. The summed E-state index contributed by atoms with van der Waals surface area (Å²) in [5.74, 6) is 0.826. The number of non-ortho nitro benzene ring substituents is 1. The molecule has 0 spiro atoms. The van der Waals surface area contributed by atoms with E-state index < -0.39 is 15.9 Å². The fourth-order valence-electron chi connectivity index (χ4n) is 6.93. The molecule has 9 heteroatoms. The number of likely N-dealkylation sites (tertiary alicyclic amines) is 1. The van der Waals surface area contributed by atoms with Crippen LogP contribution in [0.3, 0.4) is 0 Å². The molecular formula is C27H26N4O4S. The van der Waals surface area contributed by atoms with Crippen molar-refractivity contribution in [2.24, 2.45) is 0 Å². The minimum Gasteiger partial charge on any atom is -0.497 e. The number of hydrogen-bond donors (Lipinski definition) is 1. The second-order valence-corrected chi connectivity index (χ2v) is 11.5. The number of nitrogens with zero attached hydrogens (tertiary/aromatic N) is 4. The van der Waals surface area contributed by atoms with Crippen molar-refractivity contribution in [1.82, 2.24) is 14.3 Å². The number of likely N-dealkylation sites (N-methyl/N-ethyl adjacent to an activating group) is 1. The predicted molar refractivity (Wildman–Crippen MR) is 137 cm³/mol. The van der Waals surface area contributed by atoms with Crippen LogP contribution in [0.1, 0.15) is 28.1 Å². The van der Waals surface area contributed by atoms with Crippen LogP contribution in [0.2, 0.25) is 0 Å². The van der Waals surface area contributed by atoms with E-state index in [9.17, 15) is 15.2 Å². The predicted octanol–water partition coefficient (Wildman–Crippen LogP) is 4.01. The van der Waals surface area contributed by atoms with Crippen LogP contribution in [0.5, 0.6) is 5.75 Å². The van der Waals surface area contributed by atoms with Crippen molar-refractivity contribution in [3.8, 4) is 17.0 Å². The van der Waals surface area contributed by atoms with Gasteiger partial charge in [0, 0.05) is 58.8 Å². The van der Waals surface area contributed by atoms with Crippen LogP contribution in [0.15, 0.2) is 48.7 Å². The zero-order chi connectivity index (χ0) is 24.8. The highest BCUT2D eigenvalue weighted by molar-refractivity contribution is 7.17. The summed E-state index contributed by atoms with van der Waals surface area (Å²) >= 11 is 1.64. The maximum Gasteiger partial charge on any atom is 0.269 e. The zero-order valence-corrected chi connectivity index (χ0v) is 20.9. The molecule has 1 aliphatic heterocycles. The maximum absolute atomic E-state index is 12.5. The van der Waals surface area contributed by atoms with Gasteiger partial charge in [-0.25, -0.2) is 4.98 Å². The molecule has 184 valence electrons. The first-order valence-corrected chi connectivity index (χ1v) is 13.0. The first-order valence-electron chi connectivity index (χ1n) is 12.2. The van der Waals surface area contributed by atoms with Gasteiger partial charge in [0.15, 0.2) is 4.96 Å². The van der Waals surface area contributed by atoms with Crippen molar-refractivity contribution in [2.75, 3.05) is 20.7 Å². The van der Waals surface area contributed by atoms with Crippen molar-refractivity contribution in [3.63, 3.8) is 0 Å². The smallest absolute Gasteiger partial charge is 0.269 e. The standard InChI is InChI=1S/C27H26N4O4S/c1-29-10-9-26-13-22-23(14-27(26,32)24(29)11-17-5-8-19(35-2)12-20(17)26)36-25-28-21(15-30(22)25)16-3-6-18(7-4-16)31(33)34/h3-8,12,15,24,32H,9-11,13-14H2,1-2H3/t24-,26-,27+/m0/s1. The molecule has 3 heterocycles. The number of aromatic nitrogens is 2. The number of ether oxygens (including phenoxy) is 1. The second-order valence-electron chi connectivity index (χ2n) is 10.4. The SMILES string of the molecule is COc1ccc2c(c1)[C@@]13CCN(C)[C@@H](C2)[C@]1(O)Cc1sc2nc(-c4ccc([N+](=O)[O-])cc4)cn2c1C3. The average molecular weight is 503 g/mol. The first kappa shape index (κ1) is 22.0. The van der Waals surface area contributed by atoms with Gasteiger partial charge in [-0.1, -0.05) is 6.07 Å². The highest BCUT2D eigenvalue weighted by Gasteiger charge is 2.64. The molecule has 1 saturated heterocycles. The molecule has 7 rings (SSSR count). The van der Waals surface area contributed by atoms with Crippen LogP contribution in [-0.4, -0.2) is 56.7 Å². The summed E-state index contributed by atoms with van der Waals surface area (Å²) in [5.41, 5.74) is 4.17. The quantitative estimate of drug-likeness (QED) is 0.336. The van der Waals surface area contributed by atoms with Gasteiger partial charge in [-0.15, -0.1) is 11.3 Å². The Labute approximate surface area is 211 Å². The molecular weight excluding hydrogens is 476 g/mol. The van der Waals surface area contributed by atoms with Gasteiger partial charge < -0.3 is 14.7 Å². The summed E-state index contributed by atoms with van der Waals surface area (Å²) in [7, 11) is 3.83. The molecule has 2 aromatic heterocycles. The van der Waals surface area contributed by atoms with E-state index in [0.29, 0.717) is 6.42 Å². The number of thiazole rings is 1. The molecule has 1 N–H and O–H groups in total. The number of rotatable bonds is 3. The molecule has 2 aliphatic carbocycles. The summed E-state index contributed by atoms with van der Waals surface area (Å²) in [5, 5.41) is 23.5. The Morgan fingerprint density at radius 2 is 2.03 bits per heavy atom. The summed E-state index contributed by atoms with van der Waals surface area (Å²) in [6.07, 6.45) is 5.08. The van der Waals surface area contributed by atoms with Gasteiger partial charge in [-0.3, -0.25) is 14.5 Å². The third-order valence-electron chi connectivity index (χ3n) is 8.82. The van der Waals surface area contributed by atoms with Crippen LogP contribution in [0.25, 0.3) is 16.2 Å². The number of nitro benzene ring substituents is 1. The van der Waals surface area contributed by atoms with Gasteiger partial charge in [0.25, 0.3) is 5.69 Å². The fraction of sp³-hybridized carbons (Fsp3) is 0.370. The number of fused-ring (bicyclic) bond motifs is 4. The normalized spacial score (nSPS) is 26.8. The van der Waals surface area contributed by atoms with E-state index in [4.69, 9.17) is 9.72 Å². The lowest BCUT2D eigenvalue weighted by molar-refractivity contribution is -0.384. The topological polar surface area (TPSA) is 93.1 Å². The van der Waals surface area contributed by atoms with Crippen molar-refractivity contribution in [3.05, 3.63) is 80.5 Å². The van der Waals surface area contributed by atoms with Crippen LogP contribution in [-0.2, 0) is 24.7 Å². The van der Waals surface area contributed by atoms with E-state index in [-0.39, 0.29) is 11.7 Å². The number of benzene rings is 2. The van der Waals surface area contributed by atoms with Crippen molar-refractivity contribution < 1.29 is 14.8 Å². The van der Waals surface area contributed by atoms with Gasteiger partial charge >= 0.3 is 0 Å². The molecule has 4 aromatic rings. The molecule has 3 atom stereocenters. The Morgan fingerprint density at radius 3 is 2.78 bits per heavy atom. The van der Waals surface area contributed by atoms with Crippen molar-refractivity contribution in [1.29, 1.82) is 0 Å². The number of methoxy groups -OCH3 is 1. The van der Waals surface area contributed by atoms with E-state index >= 15 is 0 Å². The van der Waals surface area contributed by atoms with Gasteiger partial charge in [0.05, 0.1) is 23.3 Å². The largest absolute Gasteiger partial charge is 0.497 e. The van der Waals surface area contributed by atoms with Crippen LogP contribution in [0, 0.1) is 10.1 Å². The number of imidazole rings is 1.